The van der Waals surface area contributed by atoms with Gasteiger partial charge in [-0.25, -0.2) is 0 Å². The van der Waals surface area contributed by atoms with E-state index in [1.807, 2.05) is 6.92 Å². The second kappa shape index (κ2) is 30.3. The molecule has 6 heteroatoms. The van der Waals surface area contributed by atoms with E-state index in [0.717, 1.165) is 70.1 Å². The lowest BCUT2D eigenvalue weighted by atomic mass is 10.0. The third-order valence-corrected chi connectivity index (χ3v) is 6.82. The minimum Gasteiger partial charge on any atom is -0.462 e. The second-order valence-electron chi connectivity index (χ2n) is 11.6. The van der Waals surface area contributed by atoms with E-state index in [-0.39, 0.29) is 31.3 Å². The van der Waals surface area contributed by atoms with E-state index in [9.17, 15) is 19.8 Å². The van der Waals surface area contributed by atoms with E-state index in [2.05, 4.69) is 62.5 Å². The fourth-order valence-corrected chi connectivity index (χ4v) is 4.28. The third kappa shape index (κ3) is 30.8. The standard InChI is InChI=1S/C36H62O6/c1-32(2)26-22-18-14-13-17-21-25-29-36(40)42-34(30-37)31-41-35(39)28-24-20-16-12-10-8-6-4-5-7-9-11-15-19-23-27-33(3)38/h5-8,11-12,15-16,32-34,37-38H,4,9-10,13-14,17-31H2,1-3H3/b7-5-,8-6-,15-11-,16-12-/t33-,34+/m1/s1. The van der Waals surface area contributed by atoms with Crippen molar-refractivity contribution < 1.29 is 29.3 Å². The van der Waals surface area contributed by atoms with Crippen LogP contribution in [0.25, 0.3) is 0 Å². The first kappa shape index (κ1) is 39.8. The van der Waals surface area contributed by atoms with E-state index >= 15 is 0 Å². The van der Waals surface area contributed by atoms with Gasteiger partial charge in [-0.05, 0) is 70.6 Å². The number of ether oxygens (including phenoxy) is 2. The zero-order chi connectivity index (χ0) is 31.1. The molecule has 0 aliphatic rings. The minimum atomic E-state index is -0.799. The lowest BCUT2D eigenvalue weighted by Crippen LogP contribution is -2.28. The van der Waals surface area contributed by atoms with Crippen molar-refractivity contribution in [2.75, 3.05) is 13.2 Å². The molecule has 0 rings (SSSR count). The molecule has 0 fully saturated rings. The molecule has 2 atom stereocenters. The molecule has 0 spiro atoms. The zero-order valence-corrected chi connectivity index (χ0v) is 27.0. The van der Waals surface area contributed by atoms with Gasteiger partial charge in [-0.2, -0.15) is 0 Å². The van der Waals surface area contributed by atoms with Crippen LogP contribution in [-0.4, -0.2) is 47.6 Å². The number of allylic oxidation sites excluding steroid dienone is 8. The minimum absolute atomic E-state index is 0.104. The molecule has 6 nitrogen and oxygen atoms in total. The first-order valence-electron chi connectivity index (χ1n) is 16.6. The summed E-state index contributed by atoms with van der Waals surface area (Å²) in [4.78, 5) is 24.0. The van der Waals surface area contributed by atoms with Crippen molar-refractivity contribution in [3.63, 3.8) is 0 Å². The summed E-state index contributed by atoms with van der Waals surface area (Å²) >= 11 is 0. The molecular weight excluding hydrogens is 528 g/mol. The van der Waals surface area contributed by atoms with E-state index in [1.165, 1.54) is 32.1 Å². The second-order valence-corrected chi connectivity index (χ2v) is 11.6. The van der Waals surface area contributed by atoms with Crippen LogP contribution in [-0.2, 0) is 19.1 Å². The summed E-state index contributed by atoms with van der Waals surface area (Å²) in [5, 5.41) is 18.7. The summed E-state index contributed by atoms with van der Waals surface area (Å²) in [7, 11) is 0. The van der Waals surface area contributed by atoms with Crippen LogP contribution in [0.1, 0.15) is 136 Å². The summed E-state index contributed by atoms with van der Waals surface area (Å²) in [6, 6.07) is 0. The van der Waals surface area contributed by atoms with Gasteiger partial charge in [0.2, 0.25) is 0 Å². The highest BCUT2D eigenvalue weighted by Gasteiger charge is 2.16. The lowest BCUT2D eigenvalue weighted by Gasteiger charge is -2.15. The van der Waals surface area contributed by atoms with E-state index in [1.54, 1.807) is 0 Å². The molecule has 0 aliphatic carbocycles. The smallest absolute Gasteiger partial charge is 0.306 e. The van der Waals surface area contributed by atoms with Gasteiger partial charge in [0.05, 0.1) is 12.7 Å². The Kier molecular flexibility index (Phi) is 28.7. The van der Waals surface area contributed by atoms with Crippen molar-refractivity contribution in [2.24, 2.45) is 5.92 Å². The van der Waals surface area contributed by atoms with Crippen LogP contribution >= 0.6 is 0 Å². The van der Waals surface area contributed by atoms with Crippen molar-refractivity contribution in [2.45, 2.75) is 149 Å². The Labute approximate surface area is 257 Å². The van der Waals surface area contributed by atoms with Crippen molar-refractivity contribution in [3.8, 4) is 0 Å². The zero-order valence-electron chi connectivity index (χ0n) is 27.0. The molecule has 0 aliphatic heterocycles. The van der Waals surface area contributed by atoms with Crippen molar-refractivity contribution in [1.82, 2.24) is 0 Å². The molecule has 2 N–H and O–H groups in total. The fraction of sp³-hybridized carbons (Fsp3) is 0.722. The molecular formula is C36H62O6. The molecule has 0 bridgehead atoms. The van der Waals surface area contributed by atoms with Gasteiger partial charge in [0.25, 0.3) is 0 Å². The predicted molar refractivity (Wildman–Crippen MR) is 174 cm³/mol. The van der Waals surface area contributed by atoms with Gasteiger partial charge in [0, 0.05) is 12.8 Å². The maximum absolute atomic E-state index is 12.1. The van der Waals surface area contributed by atoms with Gasteiger partial charge in [-0.15, -0.1) is 0 Å². The lowest BCUT2D eigenvalue weighted by molar-refractivity contribution is -0.161. The van der Waals surface area contributed by atoms with Crippen LogP contribution in [0.4, 0.5) is 0 Å². The quantitative estimate of drug-likeness (QED) is 0.0538. The summed E-state index contributed by atoms with van der Waals surface area (Å²) in [5.74, 6) is 0.0995. The number of hydrogen-bond donors (Lipinski definition) is 2. The van der Waals surface area contributed by atoms with Crippen LogP contribution in [0.3, 0.4) is 0 Å². The van der Waals surface area contributed by atoms with E-state index in [4.69, 9.17) is 9.47 Å². The Hall–Kier alpha value is -2.18. The highest BCUT2D eigenvalue weighted by molar-refractivity contribution is 5.70. The molecule has 0 heterocycles. The summed E-state index contributed by atoms with van der Waals surface area (Å²) < 4.78 is 10.5. The first-order valence-corrected chi connectivity index (χ1v) is 16.6. The van der Waals surface area contributed by atoms with Crippen LogP contribution in [0.15, 0.2) is 48.6 Å². The van der Waals surface area contributed by atoms with Gasteiger partial charge in [0.1, 0.15) is 6.61 Å². The SMILES string of the molecule is CC(C)CCCCCCCCCC(=O)O[C@@H](CO)COC(=O)CCC/C=C\C/C=C\C/C=C\C/C=C\CCC[C@@H](C)O. The Morgan fingerprint density at radius 3 is 1.67 bits per heavy atom. The summed E-state index contributed by atoms with van der Waals surface area (Å²) in [5.41, 5.74) is 0. The largest absolute Gasteiger partial charge is 0.462 e. The molecule has 0 saturated heterocycles. The Bertz CT molecular complexity index is 750. The van der Waals surface area contributed by atoms with E-state index in [0.29, 0.717) is 19.3 Å². The van der Waals surface area contributed by atoms with Crippen molar-refractivity contribution >= 4 is 11.9 Å². The molecule has 0 aromatic heterocycles. The van der Waals surface area contributed by atoms with E-state index < -0.39 is 6.10 Å². The van der Waals surface area contributed by atoms with Crippen molar-refractivity contribution in [1.29, 1.82) is 0 Å². The van der Waals surface area contributed by atoms with Crippen LogP contribution in [0, 0.1) is 5.92 Å². The maximum atomic E-state index is 12.1. The molecule has 0 saturated carbocycles. The number of hydrogen-bond acceptors (Lipinski definition) is 6. The monoisotopic (exact) mass is 590 g/mol. The van der Waals surface area contributed by atoms with Crippen molar-refractivity contribution in [3.05, 3.63) is 48.6 Å². The number of esters is 2. The number of carbonyl (C=O) groups is 2. The predicted octanol–water partition coefficient (Wildman–Crippen LogP) is 8.72. The molecule has 0 unspecified atom stereocenters. The average Bonchev–Trinajstić information content (AvgIpc) is 2.95. The Morgan fingerprint density at radius 2 is 1.12 bits per heavy atom. The third-order valence-electron chi connectivity index (χ3n) is 6.82. The topological polar surface area (TPSA) is 93.1 Å². The normalized spacial score (nSPS) is 13.7. The Morgan fingerprint density at radius 1 is 0.619 bits per heavy atom. The molecule has 0 radical (unpaired) electrons. The van der Waals surface area contributed by atoms with Gasteiger partial charge in [-0.3, -0.25) is 9.59 Å². The van der Waals surface area contributed by atoms with Gasteiger partial charge in [0.15, 0.2) is 6.10 Å². The molecule has 242 valence electrons. The van der Waals surface area contributed by atoms with Crippen LogP contribution < -0.4 is 0 Å². The average molecular weight is 591 g/mol. The molecule has 42 heavy (non-hydrogen) atoms. The Balaban J connectivity index is 3.73. The summed E-state index contributed by atoms with van der Waals surface area (Å²) in [6.07, 6.45) is 33.1. The van der Waals surface area contributed by atoms with Gasteiger partial charge < -0.3 is 19.7 Å². The number of unbranched alkanes of at least 4 members (excludes halogenated alkanes) is 8. The number of carbonyl (C=O) groups excluding carboxylic acids is 2. The first-order chi connectivity index (χ1) is 20.3. The molecule has 0 aromatic carbocycles. The molecule has 0 amide bonds. The summed E-state index contributed by atoms with van der Waals surface area (Å²) in [6.45, 7) is 5.89. The fourth-order valence-electron chi connectivity index (χ4n) is 4.28. The number of aliphatic hydroxyl groups is 2. The number of aliphatic hydroxyl groups excluding tert-OH is 2. The highest BCUT2D eigenvalue weighted by atomic mass is 16.6. The molecule has 0 aromatic rings. The van der Waals surface area contributed by atoms with Crippen LogP contribution in [0.5, 0.6) is 0 Å². The maximum Gasteiger partial charge on any atom is 0.306 e. The highest BCUT2D eigenvalue weighted by Crippen LogP contribution is 2.13. The number of rotatable bonds is 28. The van der Waals surface area contributed by atoms with Crippen LogP contribution in [0.2, 0.25) is 0 Å². The van der Waals surface area contributed by atoms with Gasteiger partial charge >= 0.3 is 11.9 Å². The van der Waals surface area contributed by atoms with Gasteiger partial charge in [-0.1, -0.05) is 107 Å².